The van der Waals surface area contributed by atoms with E-state index in [2.05, 4.69) is 15.0 Å². The predicted molar refractivity (Wildman–Crippen MR) is 124 cm³/mol. The normalized spacial score (nSPS) is 15.0. The first kappa shape index (κ1) is 25.2. The number of carbonyl (C=O) groups excluding carboxylic acids is 2. The molecule has 188 valence electrons. The van der Waals surface area contributed by atoms with Crippen molar-refractivity contribution in [1.82, 2.24) is 25.2 Å². The highest BCUT2D eigenvalue weighted by atomic mass is 19.4. The number of hydrogen-bond donors (Lipinski definition) is 2. The number of amides is 2. The topological polar surface area (TPSA) is 108 Å². The van der Waals surface area contributed by atoms with Crippen LogP contribution in [-0.4, -0.2) is 56.1 Å². The first-order chi connectivity index (χ1) is 17.2. The quantitative estimate of drug-likeness (QED) is 0.514. The van der Waals surface area contributed by atoms with E-state index in [4.69, 9.17) is 0 Å². The second-order valence-electron chi connectivity index (χ2n) is 8.34. The van der Waals surface area contributed by atoms with E-state index in [0.29, 0.717) is 22.4 Å². The van der Waals surface area contributed by atoms with Crippen molar-refractivity contribution in [2.75, 3.05) is 13.2 Å². The van der Waals surface area contributed by atoms with Gasteiger partial charge in [0.15, 0.2) is 0 Å². The number of aliphatic hydroxyl groups excluding tert-OH is 1. The molecule has 0 saturated carbocycles. The van der Waals surface area contributed by atoms with Crippen LogP contribution in [0, 0.1) is 0 Å². The molecule has 0 spiro atoms. The number of hydrogen-bond acceptors (Lipinski definition) is 6. The molecule has 3 aromatic rings. The molecule has 2 aromatic heterocycles. The van der Waals surface area contributed by atoms with Gasteiger partial charge in [-0.2, -0.15) is 13.2 Å². The van der Waals surface area contributed by atoms with E-state index in [0.717, 1.165) is 11.1 Å². The molecule has 2 amide bonds. The van der Waals surface area contributed by atoms with Gasteiger partial charge in [-0.05, 0) is 29.7 Å². The molecular formula is C25H24F3N5O3. The Kier molecular flexibility index (Phi) is 7.30. The zero-order chi connectivity index (χ0) is 25.9. The average Bonchev–Trinajstić information content (AvgIpc) is 3.25. The van der Waals surface area contributed by atoms with E-state index in [1.54, 1.807) is 36.4 Å². The maximum absolute atomic E-state index is 12.7. The van der Waals surface area contributed by atoms with E-state index in [9.17, 15) is 27.9 Å². The maximum atomic E-state index is 12.7. The molecule has 2 N–H and O–H groups in total. The van der Waals surface area contributed by atoms with Crippen LogP contribution in [0.15, 0.2) is 49.1 Å². The predicted octanol–water partition coefficient (Wildman–Crippen LogP) is 3.67. The molecule has 8 nitrogen and oxygen atoms in total. The number of pyridine rings is 1. The highest BCUT2D eigenvalue weighted by Crippen LogP contribution is 2.42. The van der Waals surface area contributed by atoms with Crippen molar-refractivity contribution in [3.8, 4) is 22.4 Å². The Bertz CT molecular complexity index is 1270. The third-order valence-corrected chi connectivity index (χ3v) is 5.93. The Morgan fingerprint density at radius 2 is 1.86 bits per heavy atom. The molecule has 0 fully saturated rings. The SMILES string of the molecule is CCC(=O)N1Cc2cc(C(=O)NCC(F)(F)F)nc(-c3cccc(-c4cncnc4)c3)c2[C@H]1CCO. The second-order valence-corrected chi connectivity index (χ2v) is 8.34. The van der Waals surface area contributed by atoms with Crippen LogP contribution in [0.4, 0.5) is 13.2 Å². The molecule has 0 bridgehead atoms. The Labute approximate surface area is 205 Å². The second kappa shape index (κ2) is 10.4. The fraction of sp³-hybridized carbons (Fsp3) is 0.320. The van der Waals surface area contributed by atoms with Crippen LogP contribution in [0.1, 0.15) is 47.4 Å². The number of rotatable bonds is 7. The summed E-state index contributed by atoms with van der Waals surface area (Å²) in [5.74, 6) is -1.11. The van der Waals surface area contributed by atoms with Crippen molar-refractivity contribution < 1.29 is 27.9 Å². The van der Waals surface area contributed by atoms with E-state index in [1.807, 2.05) is 17.4 Å². The minimum atomic E-state index is -4.57. The minimum absolute atomic E-state index is 0.145. The smallest absolute Gasteiger partial charge is 0.396 e. The first-order valence-electron chi connectivity index (χ1n) is 11.4. The van der Waals surface area contributed by atoms with Gasteiger partial charge in [-0.15, -0.1) is 0 Å². The standard InChI is InChI=1S/C25H24F3N5O3/c1-2-21(35)33-12-17-9-19(24(36)31-13-25(26,27)28)32-23(22(17)20(33)6-7-34)16-5-3-4-15(8-16)18-10-29-14-30-11-18/h3-5,8-11,14,20,34H,2,6-7,12-13H2,1H3,(H,31,36)/t20-/m1/s1. The van der Waals surface area contributed by atoms with Gasteiger partial charge < -0.3 is 15.3 Å². The monoisotopic (exact) mass is 499 g/mol. The summed E-state index contributed by atoms with van der Waals surface area (Å²) >= 11 is 0. The number of fused-ring (bicyclic) bond motifs is 1. The molecule has 0 saturated heterocycles. The zero-order valence-electron chi connectivity index (χ0n) is 19.4. The summed E-state index contributed by atoms with van der Waals surface area (Å²) in [4.78, 5) is 39.5. The number of alkyl halides is 3. The first-order valence-corrected chi connectivity index (χ1v) is 11.4. The maximum Gasteiger partial charge on any atom is 0.405 e. The van der Waals surface area contributed by atoms with E-state index in [1.165, 1.54) is 12.4 Å². The van der Waals surface area contributed by atoms with Crippen LogP contribution >= 0.6 is 0 Å². The number of nitrogens with zero attached hydrogens (tertiary/aromatic N) is 4. The van der Waals surface area contributed by atoms with Gasteiger partial charge in [0, 0.05) is 48.7 Å². The van der Waals surface area contributed by atoms with Crippen molar-refractivity contribution in [1.29, 1.82) is 0 Å². The van der Waals surface area contributed by atoms with Crippen LogP contribution in [0.2, 0.25) is 0 Å². The molecule has 3 heterocycles. The van der Waals surface area contributed by atoms with Crippen molar-refractivity contribution >= 4 is 11.8 Å². The Balaban J connectivity index is 1.85. The molecule has 1 atom stereocenters. The lowest BCUT2D eigenvalue weighted by Gasteiger charge is -2.25. The number of carbonyl (C=O) groups is 2. The molecule has 11 heteroatoms. The largest absolute Gasteiger partial charge is 0.405 e. The lowest BCUT2D eigenvalue weighted by molar-refractivity contribution is -0.133. The highest BCUT2D eigenvalue weighted by Gasteiger charge is 2.37. The van der Waals surface area contributed by atoms with Crippen LogP contribution in [0.5, 0.6) is 0 Å². The van der Waals surface area contributed by atoms with Gasteiger partial charge in [0.2, 0.25) is 5.91 Å². The molecule has 1 aromatic carbocycles. The zero-order valence-corrected chi connectivity index (χ0v) is 19.4. The molecule has 1 aliphatic heterocycles. The third kappa shape index (κ3) is 5.35. The molecule has 1 aliphatic rings. The van der Waals surface area contributed by atoms with Crippen LogP contribution in [0.3, 0.4) is 0 Å². The van der Waals surface area contributed by atoms with Gasteiger partial charge in [0.1, 0.15) is 18.6 Å². The molecule has 0 aliphatic carbocycles. The fourth-order valence-electron chi connectivity index (χ4n) is 4.35. The van der Waals surface area contributed by atoms with Gasteiger partial charge in [-0.25, -0.2) is 15.0 Å². The van der Waals surface area contributed by atoms with Gasteiger partial charge in [-0.3, -0.25) is 9.59 Å². The number of aromatic nitrogens is 3. The Morgan fingerprint density at radius 3 is 2.53 bits per heavy atom. The van der Waals surface area contributed by atoms with Gasteiger partial charge in [0.25, 0.3) is 5.91 Å². The average molecular weight is 499 g/mol. The lowest BCUT2D eigenvalue weighted by atomic mass is 9.94. The third-order valence-electron chi connectivity index (χ3n) is 5.93. The van der Waals surface area contributed by atoms with Crippen LogP contribution < -0.4 is 5.32 Å². The molecule has 0 radical (unpaired) electrons. The number of aliphatic hydroxyl groups is 1. The van der Waals surface area contributed by atoms with E-state index >= 15 is 0 Å². The summed E-state index contributed by atoms with van der Waals surface area (Å²) in [6, 6.07) is 8.16. The Morgan fingerprint density at radius 1 is 1.14 bits per heavy atom. The van der Waals surface area contributed by atoms with Crippen LogP contribution in [-0.2, 0) is 11.3 Å². The Hall–Kier alpha value is -3.86. The molecule has 0 unspecified atom stereocenters. The van der Waals surface area contributed by atoms with E-state index < -0.39 is 24.7 Å². The van der Waals surface area contributed by atoms with Gasteiger partial charge in [-0.1, -0.05) is 25.1 Å². The summed E-state index contributed by atoms with van der Waals surface area (Å²) in [5.41, 5.74) is 3.57. The lowest BCUT2D eigenvalue weighted by Crippen LogP contribution is -2.34. The van der Waals surface area contributed by atoms with Gasteiger partial charge >= 0.3 is 6.18 Å². The summed E-state index contributed by atoms with van der Waals surface area (Å²) < 4.78 is 38.1. The number of benzene rings is 1. The fourth-order valence-corrected chi connectivity index (χ4v) is 4.35. The summed E-state index contributed by atoms with van der Waals surface area (Å²) in [7, 11) is 0. The summed E-state index contributed by atoms with van der Waals surface area (Å²) in [6.45, 7) is 0.207. The van der Waals surface area contributed by atoms with Crippen LogP contribution in [0.25, 0.3) is 22.4 Å². The number of nitrogens with one attached hydrogen (secondary N) is 1. The van der Waals surface area contributed by atoms with Gasteiger partial charge in [0.05, 0.1) is 11.7 Å². The summed E-state index contributed by atoms with van der Waals surface area (Å²) in [5, 5.41) is 11.6. The van der Waals surface area contributed by atoms with Crippen molar-refractivity contribution in [3.63, 3.8) is 0 Å². The molecular weight excluding hydrogens is 475 g/mol. The molecule has 4 rings (SSSR count). The van der Waals surface area contributed by atoms with E-state index in [-0.39, 0.29) is 37.6 Å². The highest BCUT2D eigenvalue weighted by molar-refractivity contribution is 5.94. The summed E-state index contributed by atoms with van der Waals surface area (Å²) in [6.07, 6.45) is 0.601. The molecule has 36 heavy (non-hydrogen) atoms. The van der Waals surface area contributed by atoms with Crippen molar-refractivity contribution in [2.45, 2.75) is 38.5 Å². The van der Waals surface area contributed by atoms with Crippen molar-refractivity contribution in [3.05, 3.63) is 65.9 Å². The van der Waals surface area contributed by atoms with Crippen molar-refractivity contribution in [2.24, 2.45) is 0 Å². The number of halogens is 3. The minimum Gasteiger partial charge on any atom is -0.396 e.